The number of carbonyl (C=O) groups is 1. The highest BCUT2D eigenvalue weighted by Crippen LogP contribution is 2.33. The average molecular weight is 484 g/mol. The lowest BCUT2D eigenvalue weighted by atomic mass is 9.96. The molecule has 35 heavy (non-hydrogen) atoms. The van der Waals surface area contributed by atoms with Crippen molar-refractivity contribution in [3.63, 3.8) is 0 Å². The zero-order valence-corrected chi connectivity index (χ0v) is 21.1. The molecule has 0 saturated heterocycles. The lowest BCUT2D eigenvalue weighted by Gasteiger charge is -2.17. The summed E-state index contributed by atoms with van der Waals surface area (Å²) in [7, 11) is 2.98. The fraction of sp³-hybridized carbons (Fsp3) is 0.478. The predicted octanol–water partition coefficient (Wildman–Crippen LogP) is 2.16. The van der Waals surface area contributed by atoms with Gasteiger partial charge in [0.2, 0.25) is 11.9 Å². The minimum atomic E-state index is -0.525. The number of H-pyrrole nitrogens is 1. The van der Waals surface area contributed by atoms with Crippen LogP contribution in [0.4, 0.5) is 11.8 Å². The molecule has 0 aliphatic heterocycles. The Hall–Kier alpha value is -3.80. The summed E-state index contributed by atoms with van der Waals surface area (Å²) in [6.07, 6.45) is 2.68. The number of nitrogens with two attached hydrogens (primary N) is 1. The number of hydrogen-bond donors (Lipinski definition) is 4. The van der Waals surface area contributed by atoms with Gasteiger partial charge in [0.15, 0.2) is 5.82 Å². The Labute approximate surface area is 204 Å². The molecule has 0 aliphatic rings. The summed E-state index contributed by atoms with van der Waals surface area (Å²) in [5.74, 6) is 1.39. The molecule has 0 radical (unpaired) electrons. The summed E-state index contributed by atoms with van der Waals surface area (Å²) in [5.41, 5.74) is 7.94. The minimum Gasteiger partial charge on any atom is -0.478 e. The molecule has 1 amide bonds. The largest absolute Gasteiger partial charge is 0.478 e. The van der Waals surface area contributed by atoms with Gasteiger partial charge in [0.05, 0.1) is 24.7 Å². The number of carbonyl (C=O) groups excluding carboxylic acids is 1. The molecule has 3 rings (SSSR count). The molecule has 3 heterocycles. The maximum Gasteiger partial charge on any atom is 0.257 e. The molecule has 2 unspecified atom stereocenters. The number of nitrogen functional groups attached to an aromatic ring is 1. The van der Waals surface area contributed by atoms with E-state index in [4.69, 9.17) is 20.2 Å². The van der Waals surface area contributed by atoms with Crippen molar-refractivity contribution in [3.8, 4) is 28.7 Å². The van der Waals surface area contributed by atoms with E-state index in [1.54, 1.807) is 25.4 Å². The maximum atomic E-state index is 12.0. The van der Waals surface area contributed by atoms with Gasteiger partial charge >= 0.3 is 0 Å². The van der Waals surface area contributed by atoms with E-state index in [-0.39, 0.29) is 29.1 Å². The third-order valence-electron chi connectivity index (χ3n) is 5.21. The van der Waals surface area contributed by atoms with Gasteiger partial charge in [-0.15, -0.1) is 0 Å². The number of anilines is 2. The maximum absolute atomic E-state index is 12.0. The van der Waals surface area contributed by atoms with Gasteiger partial charge in [-0.25, -0.2) is 24.9 Å². The highest BCUT2D eigenvalue weighted by Gasteiger charge is 2.25. The van der Waals surface area contributed by atoms with Crippen LogP contribution in [-0.4, -0.2) is 68.7 Å². The third kappa shape index (κ3) is 6.21. The summed E-state index contributed by atoms with van der Waals surface area (Å²) in [5, 5.41) is 6.04. The van der Waals surface area contributed by atoms with Gasteiger partial charge in [-0.3, -0.25) is 4.79 Å². The van der Waals surface area contributed by atoms with Crippen molar-refractivity contribution < 1.29 is 14.3 Å². The van der Waals surface area contributed by atoms with Crippen molar-refractivity contribution in [2.24, 2.45) is 0 Å². The molecule has 3 aromatic rings. The van der Waals surface area contributed by atoms with Crippen LogP contribution in [0.2, 0.25) is 0 Å². The molecular weight excluding hydrogens is 450 g/mol. The van der Waals surface area contributed by atoms with Gasteiger partial charge in [-0.05, 0) is 19.9 Å². The number of aromatic amines is 1. The molecule has 0 spiro atoms. The van der Waals surface area contributed by atoms with Crippen LogP contribution in [0.1, 0.15) is 40.4 Å². The second-order valence-electron chi connectivity index (χ2n) is 9.14. The first kappa shape index (κ1) is 25.8. The van der Waals surface area contributed by atoms with Crippen LogP contribution < -0.4 is 21.1 Å². The number of rotatable bonds is 9. The fourth-order valence-corrected chi connectivity index (χ4v) is 3.09. The zero-order valence-electron chi connectivity index (χ0n) is 21.1. The van der Waals surface area contributed by atoms with E-state index in [1.165, 1.54) is 14.2 Å². The Morgan fingerprint density at radius 3 is 2.54 bits per heavy atom. The van der Waals surface area contributed by atoms with Crippen molar-refractivity contribution in [1.82, 2.24) is 35.2 Å². The Bertz CT molecular complexity index is 1170. The number of aromatic nitrogens is 6. The summed E-state index contributed by atoms with van der Waals surface area (Å²) in [6.45, 7) is 10.2. The summed E-state index contributed by atoms with van der Waals surface area (Å²) >= 11 is 0. The van der Waals surface area contributed by atoms with Gasteiger partial charge in [0.25, 0.3) is 5.88 Å². The number of nitrogens with one attached hydrogen (secondary N) is 3. The van der Waals surface area contributed by atoms with E-state index in [0.29, 0.717) is 35.3 Å². The Balaban J connectivity index is 1.90. The second-order valence-corrected chi connectivity index (χ2v) is 9.14. The minimum absolute atomic E-state index is 0.167. The first-order valence-electron chi connectivity index (χ1n) is 11.2. The summed E-state index contributed by atoms with van der Waals surface area (Å²) in [4.78, 5) is 37.8. The average Bonchev–Trinajstić information content (AvgIpc) is 3.29. The number of hydrogen-bond acceptors (Lipinski definition) is 10. The van der Waals surface area contributed by atoms with Crippen LogP contribution >= 0.6 is 0 Å². The molecule has 0 aliphatic carbocycles. The molecule has 188 valence electrons. The van der Waals surface area contributed by atoms with Crippen LogP contribution in [0.5, 0.6) is 5.88 Å². The van der Waals surface area contributed by atoms with Crippen molar-refractivity contribution >= 4 is 17.7 Å². The Morgan fingerprint density at radius 2 is 1.89 bits per heavy atom. The first-order chi connectivity index (χ1) is 16.5. The van der Waals surface area contributed by atoms with Gasteiger partial charge in [-0.1, -0.05) is 20.8 Å². The van der Waals surface area contributed by atoms with Crippen molar-refractivity contribution in [2.75, 3.05) is 31.8 Å². The van der Waals surface area contributed by atoms with Crippen LogP contribution in [0, 0.1) is 0 Å². The summed E-state index contributed by atoms with van der Waals surface area (Å²) in [6, 6.07) is 1.61. The number of imidazole rings is 1. The van der Waals surface area contributed by atoms with Crippen molar-refractivity contribution in [2.45, 2.75) is 52.2 Å². The monoisotopic (exact) mass is 483 g/mol. The molecule has 0 aromatic carbocycles. The van der Waals surface area contributed by atoms with Crippen LogP contribution in [0.3, 0.4) is 0 Å². The SMILES string of the molecule is COc1nc(-c2nc(C(C)(C)C)[nH]c2-c2ccnc(NCC(C)NC(=O)C(C)OC)n2)cnc1N. The highest BCUT2D eigenvalue weighted by molar-refractivity contribution is 5.80. The van der Waals surface area contributed by atoms with Gasteiger partial charge < -0.3 is 30.8 Å². The lowest BCUT2D eigenvalue weighted by Crippen LogP contribution is -2.42. The Kier molecular flexibility index (Phi) is 7.85. The van der Waals surface area contributed by atoms with E-state index < -0.39 is 6.10 Å². The quantitative estimate of drug-likeness (QED) is 0.354. The predicted molar refractivity (Wildman–Crippen MR) is 133 cm³/mol. The number of nitrogens with zero attached hydrogens (tertiary/aromatic N) is 5. The standard InChI is InChI=1S/C23H33N9O3/c1-12(28-19(33)13(2)34-6)10-27-22-25-9-8-14(30-22)16-17(32-21(31-16)23(3,4)5)15-11-26-18(24)20(29-15)35-7/h8-9,11-13H,10H2,1-7H3,(H2,24,26)(H,28,33)(H,31,32)(H,25,27,30). The Morgan fingerprint density at radius 1 is 1.14 bits per heavy atom. The van der Waals surface area contributed by atoms with E-state index in [9.17, 15) is 4.79 Å². The summed E-state index contributed by atoms with van der Waals surface area (Å²) < 4.78 is 10.3. The van der Waals surface area contributed by atoms with E-state index >= 15 is 0 Å². The molecule has 5 N–H and O–H groups in total. The number of ether oxygens (including phenoxy) is 2. The molecule has 12 heteroatoms. The second kappa shape index (κ2) is 10.6. The molecular formula is C23H33N9O3. The van der Waals surface area contributed by atoms with Gasteiger partial charge in [0, 0.05) is 31.3 Å². The lowest BCUT2D eigenvalue weighted by molar-refractivity contribution is -0.130. The first-order valence-corrected chi connectivity index (χ1v) is 11.2. The van der Waals surface area contributed by atoms with Crippen LogP contribution in [-0.2, 0) is 14.9 Å². The van der Waals surface area contributed by atoms with Gasteiger partial charge in [-0.2, -0.15) is 0 Å². The zero-order chi connectivity index (χ0) is 25.8. The molecule has 2 atom stereocenters. The topological polar surface area (TPSA) is 166 Å². The highest BCUT2D eigenvalue weighted by atomic mass is 16.5. The molecule has 0 bridgehead atoms. The molecule has 0 fully saturated rings. The number of amides is 1. The smallest absolute Gasteiger partial charge is 0.257 e. The van der Waals surface area contributed by atoms with E-state index in [0.717, 1.165) is 5.82 Å². The molecule has 3 aromatic heterocycles. The normalized spacial score (nSPS) is 13.2. The van der Waals surface area contributed by atoms with Crippen molar-refractivity contribution in [3.05, 3.63) is 24.3 Å². The van der Waals surface area contributed by atoms with E-state index in [2.05, 4.69) is 56.3 Å². The molecule has 0 saturated carbocycles. The molecule has 12 nitrogen and oxygen atoms in total. The van der Waals surface area contributed by atoms with Crippen LogP contribution in [0.25, 0.3) is 22.8 Å². The number of methoxy groups -OCH3 is 2. The van der Waals surface area contributed by atoms with Crippen LogP contribution in [0.15, 0.2) is 18.5 Å². The fourth-order valence-electron chi connectivity index (χ4n) is 3.09. The third-order valence-corrected chi connectivity index (χ3v) is 5.21. The van der Waals surface area contributed by atoms with Gasteiger partial charge in [0.1, 0.15) is 23.3 Å². The van der Waals surface area contributed by atoms with E-state index in [1.807, 2.05) is 6.92 Å². The van der Waals surface area contributed by atoms with Crippen molar-refractivity contribution in [1.29, 1.82) is 0 Å².